The van der Waals surface area contributed by atoms with Crippen LogP contribution < -0.4 is 10.6 Å². The molecule has 1 aliphatic rings. The third-order valence-electron chi connectivity index (χ3n) is 6.57. The van der Waals surface area contributed by atoms with Gasteiger partial charge in [-0.05, 0) is 36.6 Å². The van der Waals surface area contributed by atoms with Crippen molar-refractivity contribution in [3.63, 3.8) is 0 Å². The Hall–Kier alpha value is -4.40. The number of nitrogens with one attached hydrogen (secondary N) is 2. The minimum Gasteiger partial charge on any atom is -0.340 e. The van der Waals surface area contributed by atoms with Gasteiger partial charge in [-0.15, -0.1) is 0 Å². The minimum absolute atomic E-state index is 0.00544. The van der Waals surface area contributed by atoms with E-state index in [0.717, 1.165) is 40.1 Å². The molecule has 3 heterocycles. The molecule has 9 nitrogen and oxygen atoms in total. The van der Waals surface area contributed by atoms with Crippen LogP contribution in [-0.2, 0) is 18.3 Å². The van der Waals surface area contributed by atoms with E-state index in [0.29, 0.717) is 18.9 Å². The lowest BCUT2D eigenvalue weighted by Crippen LogP contribution is -2.41. The molecule has 2 aromatic heterocycles. The average Bonchev–Trinajstić information content (AvgIpc) is 3.38. The fourth-order valence-corrected chi connectivity index (χ4v) is 4.69. The van der Waals surface area contributed by atoms with Crippen LogP contribution in [0.5, 0.6) is 0 Å². The van der Waals surface area contributed by atoms with Crippen LogP contribution in [0.15, 0.2) is 67.0 Å². The van der Waals surface area contributed by atoms with Crippen molar-refractivity contribution in [2.45, 2.75) is 26.3 Å². The Morgan fingerprint density at radius 2 is 1.81 bits per heavy atom. The van der Waals surface area contributed by atoms with Gasteiger partial charge in [-0.1, -0.05) is 42.5 Å². The van der Waals surface area contributed by atoms with Gasteiger partial charge < -0.3 is 10.2 Å². The summed E-state index contributed by atoms with van der Waals surface area (Å²) >= 11 is 0. The number of carbonyl (C=O) groups excluding carboxylic acids is 2. The van der Waals surface area contributed by atoms with E-state index in [1.54, 1.807) is 27.4 Å². The van der Waals surface area contributed by atoms with Crippen LogP contribution >= 0.6 is 0 Å². The highest BCUT2D eigenvalue weighted by Gasteiger charge is 2.27. The second-order valence-electron chi connectivity index (χ2n) is 9.04. The molecule has 0 saturated heterocycles. The highest BCUT2D eigenvalue weighted by atomic mass is 16.2. The van der Waals surface area contributed by atoms with Crippen molar-refractivity contribution in [1.29, 1.82) is 0 Å². The highest BCUT2D eigenvalue weighted by molar-refractivity contribution is 5.91. The summed E-state index contributed by atoms with van der Waals surface area (Å²) in [5, 5.41) is 15.2. The maximum Gasteiger partial charge on any atom is 0.320 e. The topological polar surface area (TPSA) is 97.1 Å². The molecule has 1 unspecified atom stereocenters. The summed E-state index contributed by atoms with van der Waals surface area (Å²) in [5.41, 5.74) is 5.42. The summed E-state index contributed by atoms with van der Waals surface area (Å²) in [5.74, 6) is 0.567. The average molecular weight is 484 g/mol. The van der Waals surface area contributed by atoms with Gasteiger partial charge in [0.15, 0.2) is 0 Å². The van der Waals surface area contributed by atoms with Crippen molar-refractivity contribution in [2.75, 3.05) is 18.4 Å². The molecule has 9 heteroatoms. The molecular formula is C27H29N7O2. The molecule has 184 valence electrons. The Morgan fingerprint density at radius 3 is 2.53 bits per heavy atom. The van der Waals surface area contributed by atoms with Gasteiger partial charge in [0.25, 0.3) is 0 Å². The number of fused-ring (bicyclic) bond motifs is 1. The first-order valence-corrected chi connectivity index (χ1v) is 12.0. The number of rotatable bonds is 4. The molecule has 3 amide bonds. The molecule has 0 saturated carbocycles. The Balaban J connectivity index is 1.47. The van der Waals surface area contributed by atoms with E-state index in [1.165, 1.54) is 0 Å². The summed E-state index contributed by atoms with van der Waals surface area (Å²) in [6, 6.07) is 17.0. The van der Waals surface area contributed by atoms with E-state index in [1.807, 2.05) is 68.7 Å². The number of aryl methyl sites for hydroxylation is 1. The summed E-state index contributed by atoms with van der Waals surface area (Å²) in [7, 11) is 1.86. The van der Waals surface area contributed by atoms with Gasteiger partial charge in [-0.2, -0.15) is 10.2 Å². The summed E-state index contributed by atoms with van der Waals surface area (Å²) in [6.45, 7) is 4.54. The maximum atomic E-state index is 13.4. The molecule has 0 bridgehead atoms. The van der Waals surface area contributed by atoms with Gasteiger partial charge >= 0.3 is 6.03 Å². The second kappa shape index (κ2) is 9.69. The quantitative estimate of drug-likeness (QED) is 0.461. The van der Waals surface area contributed by atoms with Gasteiger partial charge in [0, 0.05) is 44.4 Å². The third kappa shape index (κ3) is 4.59. The zero-order chi connectivity index (χ0) is 25.2. The largest absolute Gasteiger partial charge is 0.340 e. The van der Waals surface area contributed by atoms with Gasteiger partial charge in [-0.3, -0.25) is 14.8 Å². The number of amides is 3. The predicted octanol–water partition coefficient (Wildman–Crippen LogP) is 3.85. The van der Waals surface area contributed by atoms with E-state index in [2.05, 4.69) is 21.8 Å². The minimum atomic E-state index is -0.363. The Kier molecular flexibility index (Phi) is 6.28. The number of aromatic nitrogens is 4. The molecule has 2 N–H and O–H groups in total. The van der Waals surface area contributed by atoms with Crippen LogP contribution in [0.25, 0.3) is 16.9 Å². The number of nitrogens with zero attached hydrogens (tertiary/aromatic N) is 5. The molecule has 0 aliphatic carbocycles. The fraction of sp³-hybridized carbons (Fsp3) is 0.259. The predicted molar refractivity (Wildman–Crippen MR) is 138 cm³/mol. The number of anilines is 1. The smallest absolute Gasteiger partial charge is 0.320 e. The van der Waals surface area contributed by atoms with Crippen LogP contribution in [-0.4, -0.2) is 49.5 Å². The Labute approximate surface area is 209 Å². The molecule has 5 rings (SSSR count). The zero-order valence-corrected chi connectivity index (χ0v) is 20.6. The molecule has 0 spiro atoms. The number of benzene rings is 2. The molecule has 36 heavy (non-hydrogen) atoms. The first kappa shape index (κ1) is 23.3. The van der Waals surface area contributed by atoms with E-state index in [4.69, 9.17) is 5.10 Å². The second-order valence-corrected chi connectivity index (χ2v) is 9.04. The van der Waals surface area contributed by atoms with Crippen LogP contribution in [0.4, 0.5) is 10.6 Å². The van der Waals surface area contributed by atoms with Gasteiger partial charge in [-0.25, -0.2) is 9.48 Å². The fourth-order valence-electron chi connectivity index (χ4n) is 4.69. The zero-order valence-electron chi connectivity index (χ0n) is 20.6. The summed E-state index contributed by atoms with van der Waals surface area (Å²) < 4.78 is 3.46. The van der Waals surface area contributed by atoms with Crippen LogP contribution in [0.2, 0.25) is 0 Å². The third-order valence-corrected chi connectivity index (χ3v) is 6.57. The summed E-state index contributed by atoms with van der Waals surface area (Å²) in [6.07, 6.45) is 4.41. The lowest BCUT2D eigenvalue weighted by molar-refractivity contribution is -0.129. The van der Waals surface area contributed by atoms with Gasteiger partial charge in [0.1, 0.15) is 11.5 Å². The molecule has 0 fully saturated rings. The molecule has 2 aromatic carbocycles. The first-order valence-electron chi connectivity index (χ1n) is 12.0. The molecular weight excluding hydrogens is 454 g/mol. The number of carbonyl (C=O) groups is 2. The van der Waals surface area contributed by atoms with E-state index in [9.17, 15) is 9.59 Å². The number of hydrogen-bond donors (Lipinski definition) is 2. The monoisotopic (exact) mass is 483 g/mol. The van der Waals surface area contributed by atoms with Crippen molar-refractivity contribution in [3.05, 3.63) is 83.7 Å². The van der Waals surface area contributed by atoms with Gasteiger partial charge in [0.2, 0.25) is 5.91 Å². The van der Waals surface area contributed by atoms with E-state index >= 15 is 0 Å². The normalized spacial score (nSPS) is 15.2. The van der Waals surface area contributed by atoms with Gasteiger partial charge in [0.05, 0.1) is 17.9 Å². The van der Waals surface area contributed by atoms with Crippen LogP contribution in [0.1, 0.15) is 29.7 Å². The Morgan fingerprint density at radius 1 is 1.06 bits per heavy atom. The molecule has 1 atom stereocenters. The van der Waals surface area contributed by atoms with Crippen molar-refractivity contribution < 1.29 is 9.59 Å². The van der Waals surface area contributed by atoms with Crippen molar-refractivity contribution in [3.8, 4) is 16.9 Å². The number of hydrogen-bond acceptors (Lipinski definition) is 4. The van der Waals surface area contributed by atoms with Crippen molar-refractivity contribution in [1.82, 2.24) is 29.8 Å². The first-order chi connectivity index (χ1) is 17.4. The number of para-hydroxylation sites is 1. The molecule has 0 radical (unpaired) electrons. The van der Waals surface area contributed by atoms with Crippen molar-refractivity contribution in [2.24, 2.45) is 7.05 Å². The lowest BCUT2D eigenvalue weighted by atomic mass is 10.00. The maximum absolute atomic E-state index is 13.4. The Bertz CT molecular complexity index is 1410. The van der Waals surface area contributed by atoms with E-state index in [-0.39, 0.29) is 18.0 Å². The lowest BCUT2D eigenvalue weighted by Gasteiger charge is -2.25. The van der Waals surface area contributed by atoms with Crippen molar-refractivity contribution >= 4 is 17.8 Å². The standard InChI is InChI=1S/C27H29N7O2/c1-18-25(21-15-28-32(3)16-21)31-34(22-10-5-4-6-11-22)26(18)30-27(36)29-24-17-33(19(2)35)14-13-20-9-7-8-12-23(20)24/h4-12,15-16,24H,13-14,17H2,1-3H3,(H2,29,30,36). The highest BCUT2D eigenvalue weighted by Crippen LogP contribution is 2.30. The van der Waals surface area contributed by atoms with Crippen LogP contribution in [0, 0.1) is 6.92 Å². The molecule has 4 aromatic rings. The van der Waals surface area contributed by atoms with Crippen LogP contribution in [0.3, 0.4) is 0 Å². The summed E-state index contributed by atoms with van der Waals surface area (Å²) in [4.78, 5) is 27.4. The number of urea groups is 1. The van der Waals surface area contributed by atoms with E-state index < -0.39 is 0 Å². The molecule has 1 aliphatic heterocycles. The SMILES string of the molecule is CC(=O)N1CCc2ccccc2C(NC(=O)Nc2c(C)c(-c3cnn(C)c3)nn2-c2ccccc2)C1.